The molecule has 1 aromatic rings. The quantitative estimate of drug-likeness (QED) is 0.527. The first-order chi connectivity index (χ1) is 4.86. The molecule has 0 amide bonds. The average molecular weight is 371 g/mol. The summed E-state index contributed by atoms with van der Waals surface area (Å²) in [6.07, 6.45) is 0. The van der Waals surface area contributed by atoms with E-state index in [9.17, 15) is 0 Å². The van der Waals surface area contributed by atoms with Gasteiger partial charge >= 0.3 is 84.6 Å². The van der Waals surface area contributed by atoms with Crippen molar-refractivity contribution in [1.29, 1.82) is 0 Å². The molecular formula is C8H11AuClP. The zero-order valence-corrected chi connectivity index (χ0v) is 10.3. The molecule has 0 aliphatic carbocycles. The molecule has 11 heavy (non-hydrogen) atoms. The van der Waals surface area contributed by atoms with Gasteiger partial charge in [-0.15, -0.1) is 0 Å². The van der Waals surface area contributed by atoms with E-state index in [1.165, 1.54) is 5.30 Å². The SMILES string of the molecule is C[P](C)(Cl)([Au])c1ccccc1. The molecule has 0 radical (unpaired) electrons. The zero-order valence-electron chi connectivity index (χ0n) is 6.51. The van der Waals surface area contributed by atoms with Crippen LogP contribution in [0.15, 0.2) is 30.3 Å². The van der Waals surface area contributed by atoms with Gasteiger partial charge in [-0.3, -0.25) is 0 Å². The van der Waals surface area contributed by atoms with Crippen LogP contribution in [0.2, 0.25) is 0 Å². The summed E-state index contributed by atoms with van der Waals surface area (Å²) in [4.78, 5) is 0. The van der Waals surface area contributed by atoms with E-state index in [2.05, 4.69) is 46.0 Å². The van der Waals surface area contributed by atoms with E-state index in [-0.39, 0.29) is 0 Å². The average Bonchev–Trinajstić information content (AvgIpc) is 1.86. The van der Waals surface area contributed by atoms with E-state index in [0.29, 0.717) is 0 Å². The van der Waals surface area contributed by atoms with Gasteiger partial charge < -0.3 is 0 Å². The molecule has 0 unspecified atom stereocenters. The van der Waals surface area contributed by atoms with Crippen molar-refractivity contribution in [3.05, 3.63) is 30.3 Å². The van der Waals surface area contributed by atoms with Gasteiger partial charge in [-0.2, -0.15) is 0 Å². The van der Waals surface area contributed by atoms with Crippen LogP contribution in [-0.4, -0.2) is 13.3 Å². The Morgan fingerprint density at radius 1 is 1.18 bits per heavy atom. The van der Waals surface area contributed by atoms with E-state index < -0.39 is 3.85 Å². The molecule has 0 spiro atoms. The summed E-state index contributed by atoms with van der Waals surface area (Å²) in [5.41, 5.74) is 0. The van der Waals surface area contributed by atoms with Crippen molar-refractivity contribution in [2.45, 2.75) is 0 Å². The van der Waals surface area contributed by atoms with Crippen molar-refractivity contribution in [1.82, 2.24) is 0 Å². The second-order valence-electron chi connectivity index (χ2n) is 3.04. The summed E-state index contributed by atoms with van der Waals surface area (Å²) >= 11 is 8.99. The second-order valence-corrected chi connectivity index (χ2v) is 20.4. The molecule has 3 heteroatoms. The molecule has 0 heterocycles. The van der Waals surface area contributed by atoms with Gasteiger partial charge in [0.05, 0.1) is 0 Å². The summed E-state index contributed by atoms with van der Waals surface area (Å²) in [6.45, 7) is 4.23. The van der Waals surface area contributed by atoms with Crippen LogP contribution in [0.4, 0.5) is 0 Å². The molecule has 0 atom stereocenters. The van der Waals surface area contributed by atoms with Gasteiger partial charge in [-0.1, -0.05) is 0 Å². The topological polar surface area (TPSA) is 0 Å². The minimum absolute atomic E-state index is 1.25. The Morgan fingerprint density at radius 3 is 1.91 bits per heavy atom. The van der Waals surface area contributed by atoms with Crippen LogP contribution in [0.5, 0.6) is 0 Å². The number of benzene rings is 1. The van der Waals surface area contributed by atoms with Crippen molar-refractivity contribution >= 4 is 20.4 Å². The predicted molar refractivity (Wildman–Crippen MR) is 50.7 cm³/mol. The van der Waals surface area contributed by atoms with E-state index >= 15 is 0 Å². The molecule has 0 aromatic heterocycles. The van der Waals surface area contributed by atoms with E-state index in [1.807, 2.05) is 18.2 Å². The molecule has 0 nitrogen and oxygen atoms in total. The summed E-state index contributed by atoms with van der Waals surface area (Å²) in [5.74, 6) is 0. The monoisotopic (exact) mass is 370 g/mol. The fourth-order valence-electron chi connectivity index (χ4n) is 0.827. The van der Waals surface area contributed by atoms with Crippen molar-refractivity contribution < 1.29 is 20.5 Å². The molecule has 0 aliphatic rings. The van der Waals surface area contributed by atoms with Crippen molar-refractivity contribution in [2.75, 3.05) is 13.3 Å². The van der Waals surface area contributed by atoms with Crippen molar-refractivity contribution in [3.63, 3.8) is 0 Å². The van der Waals surface area contributed by atoms with Crippen molar-refractivity contribution in [2.24, 2.45) is 0 Å². The molecular weight excluding hydrogens is 359 g/mol. The van der Waals surface area contributed by atoms with Crippen LogP contribution in [0.1, 0.15) is 0 Å². The minimum atomic E-state index is -2.07. The first kappa shape index (κ1) is 9.77. The Kier molecular flexibility index (Phi) is 2.55. The van der Waals surface area contributed by atoms with Gasteiger partial charge in [0.15, 0.2) is 0 Å². The molecule has 0 saturated carbocycles. The van der Waals surface area contributed by atoms with Gasteiger partial charge in [0, 0.05) is 0 Å². The third-order valence-corrected chi connectivity index (χ3v) is 5.39. The number of hydrogen-bond acceptors (Lipinski definition) is 0. The summed E-state index contributed by atoms with van der Waals surface area (Å²) < 4.78 is -2.07. The summed E-state index contributed by atoms with van der Waals surface area (Å²) in [7, 11) is 0. The van der Waals surface area contributed by atoms with Crippen LogP contribution >= 0.6 is 15.1 Å². The predicted octanol–water partition coefficient (Wildman–Crippen LogP) is 2.74. The molecule has 1 rings (SSSR count). The molecule has 1 aromatic carbocycles. The second kappa shape index (κ2) is 2.87. The Bertz CT molecular complexity index is 241. The molecule has 0 aliphatic heterocycles. The summed E-state index contributed by atoms with van der Waals surface area (Å²) in [5, 5.41) is 1.25. The van der Waals surface area contributed by atoms with Gasteiger partial charge in [0.25, 0.3) is 0 Å². The number of rotatable bonds is 1. The fourth-order valence-corrected chi connectivity index (χ4v) is 3.11. The first-order valence-corrected chi connectivity index (χ1v) is 10.1. The van der Waals surface area contributed by atoms with Crippen LogP contribution in [0.3, 0.4) is 0 Å². The normalized spacial score (nSPS) is 15.5. The third-order valence-electron chi connectivity index (χ3n) is 1.45. The van der Waals surface area contributed by atoms with Crippen LogP contribution in [0.25, 0.3) is 0 Å². The fraction of sp³-hybridized carbons (Fsp3) is 0.250. The zero-order chi connectivity index (χ0) is 8.56. The number of hydrogen-bond donors (Lipinski definition) is 0. The Hall–Kier alpha value is 0.680. The molecule has 0 saturated heterocycles. The number of halogens is 1. The van der Waals surface area contributed by atoms with Gasteiger partial charge in [-0.05, 0) is 0 Å². The molecule has 66 valence electrons. The Balaban J connectivity index is 3.14. The molecule has 0 N–H and O–H groups in total. The first-order valence-electron chi connectivity index (χ1n) is 3.33. The third kappa shape index (κ3) is 2.89. The van der Waals surface area contributed by atoms with Crippen LogP contribution < -0.4 is 5.30 Å². The van der Waals surface area contributed by atoms with Gasteiger partial charge in [0.2, 0.25) is 0 Å². The van der Waals surface area contributed by atoms with E-state index in [4.69, 9.17) is 11.2 Å². The standard InChI is InChI=1S/C8H11ClP.Au/c1-10(2,9)8-6-4-3-5-7-8;/h3-7H,1-2H3;/q+1;-1. The summed E-state index contributed by atoms with van der Waals surface area (Å²) in [6, 6.07) is 10.2. The Morgan fingerprint density at radius 2 is 1.64 bits per heavy atom. The van der Waals surface area contributed by atoms with Gasteiger partial charge in [0.1, 0.15) is 0 Å². The van der Waals surface area contributed by atoms with E-state index in [1.54, 1.807) is 0 Å². The molecule has 0 bridgehead atoms. The maximum absolute atomic E-state index is 6.42. The van der Waals surface area contributed by atoms with E-state index in [0.717, 1.165) is 0 Å². The Labute approximate surface area is 84.4 Å². The van der Waals surface area contributed by atoms with Crippen molar-refractivity contribution in [3.8, 4) is 0 Å². The maximum atomic E-state index is 6.42. The van der Waals surface area contributed by atoms with Crippen LogP contribution in [0, 0.1) is 0 Å². The van der Waals surface area contributed by atoms with Gasteiger partial charge in [-0.25, -0.2) is 0 Å². The van der Waals surface area contributed by atoms with Crippen LogP contribution in [-0.2, 0) is 20.5 Å². The molecule has 0 fully saturated rings.